The van der Waals surface area contributed by atoms with Gasteiger partial charge in [-0.1, -0.05) is 6.92 Å². The van der Waals surface area contributed by atoms with E-state index >= 15 is 0 Å². The van der Waals surface area contributed by atoms with Gasteiger partial charge in [-0.15, -0.1) is 0 Å². The Labute approximate surface area is 127 Å². The molecule has 5 nitrogen and oxygen atoms in total. The number of hydrogen-bond donors (Lipinski definition) is 1. The lowest BCUT2D eigenvalue weighted by Crippen LogP contribution is -2.55. The fourth-order valence-corrected chi connectivity index (χ4v) is 3.13. The number of amides is 1. The lowest BCUT2D eigenvalue weighted by molar-refractivity contribution is -0.134. The average molecular weight is 296 g/mol. The molecule has 0 aromatic carbocycles. The van der Waals surface area contributed by atoms with Crippen molar-refractivity contribution < 1.29 is 14.3 Å². The van der Waals surface area contributed by atoms with Gasteiger partial charge in [0, 0.05) is 43.4 Å². The van der Waals surface area contributed by atoms with E-state index in [-0.39, 0.29) is 22.6 Å². The highest BCUT2D eigenvalue weighted by atomic mass is 16.5. The van der Waals surface area contributed by atoms with E-state index in [0.717, 1.165) is 26.3 Å². The van der Waals surface area contributed by atoms with Crippen molar-refractivity contribution >= 4 is 11.7 Å². The van der Waals surface area contributed by atoms with Crippen LogP contribution in [0.3, 0.4) is 0 Å². The number of carbonyl (C=O) groups is 2. The number of hydrogen-bond acceptors (Lipinski definition) is 4. The lowest BCUT2D eigenvalue weighted by atomic mass is 9.74. The molecule has 120 valence electrons. The van der Waals surface area contributed by atoms with E-state index < -0.39 is 0 Å². The highest BCUT2D eigenvalue weighted by Gasteiger charge is 2.37. The maximum Gasteiger partial charge on any atom is 0.226 e. The van der Waals surface area contributed by atoms with Gasteiger partial charge >= 0.3 is 0 Å². The van der Waals surface area contributed by atoms with Gasteiger partial charge in [-0.3, -0.25) is 14.5 Å². The first kappa shape index (κ1) is 16.4. The minimum absolute atomic E-state index is 0.0319. The second-order valence-electron chi connectivity index (χ2n) is 7.21. The van der Waals surface area contributed by atoms with Gasteiger partial charge in [0.15, 0.2) is 0 Å². The Kier molecular flexibility index (Phi) is 5.04. The molecule has 1 N–H and O–H groups in total. The minimum atomic E-state index is -0.367. The zero-order valence-electron chi connectivity index (χ0n) is 13.5. The standard InChI is InChI=1S/C16H28N2O3/c1-15(2)12-21-11-10-18(15)9-8-17-14(20)16(3)6-4-13(19)5-7-16/h4-12H2,1-3H3,(H,17,20). The average Bonchev–Trinajstić information content (AvgIpc) is 2.44. The molecule has 1 amide bonds. The van der Waals surface area contributed by atoms with E-state index in [4.69, 9.17) is 4.74 Å². The number of morpholine rings is 1. The highest BCUT2D eigenvalue weighted by molar-refractivity contribution is 5.87. The van der Waals surface area contributed by atoms with Crippen LogP contribution in [-0.2, 0) is 14.3 Å². The Bertz CT molecular complexity index is 396. The van der Waals surface area contributed by atoms with Crippen LogP contribution < -0.4 is 5.32 Å². The molecule has 2 rings (SSSR count). The highest BCUT2D eigenvalue weighted by Crippen LogP contribution is 2.34. The molecule has 0 atom stereocenters. The summed E-state index contributed by atoms with van der Waals surface area (Å²) in [5.74, 6) is 0.386. The number of rotatable bonds is 4. The summed E-state index contributed by atoms with van der Waals surface area (Å²) in [6, 6.07) is 0. The van der Waals surface area contributed by atoms with Gasteiger partial charge in [0.1, 0.15) is 5.78 Å². The second kappa shape index (κ2) is 6.44. The number of Topliss-reactive ketones (excluding diaryl/α,β-unsaturated/α-hetero) is 1. The fourth-order valence-electron chi connectivity index (χ4n) is 3.13. The van der Waals surface area contributed by atoms with Gasteiger partial charge in [0.25, 0.3) is 0 Å². The summed E-state index contributed by atoms with van der Waals surface area (Å²) in [6.07, 6.45) is 2.45. The number of ether oxygens (including phenoxy) is 1. The second-order valence-corrected chi connectivity index (χ2v) is 7.21. The monoisotopic (exact) mass is 296 g/mol. The molecule has 0 spiro atoms. The molecule has 0 aromatic rings. The van der Waals surface area contributed by atoms with Crippen LogP contribution in [0.1, 0.15) is 46.5 Å². The van der Waals surface area contributed by atoms with Crippen molar-refractivity contribution in [2.45, 2.75) is 52.0 Å². The van der Waals surface area contributed by atoms with E-state index in [2.05, 4.69) is 24.1 Å². The van der Waals surface area contributed by atoms with Crippen LogP contribution >= 0.6 is 0 Å². The SMILES string of the molecule is CC1(C(=O)NCCN2CCOCC2(C)C)CCC(=O)CC1. The van der Waals surface area contributed by atoms with Gasteiger partial charge in [-0.25, -0.2) is 0 Å². The molecule has 2 aliphatic rings. The quantitative estimate of drug-likeness (QED) is 0.851. The van der Waals surface area contributed by atoms with Crippen molar-refractivity contribution in [1.82, 2.24) is 10.2 Å². The van der Waals surface area contributed by atoms with Crippen molar-refractivity contribution in [2.75, 3.05) is 32.8 Å². The van der Waals surface area contributed by atoms with Crippen molar-refractivity contribution in [3.05, 3.63) is 0 Å². The van der Waals surface area contributed by atoms with Gasteiger partial charge in [-0.05, 0) is 26.7 Å². The Morgan fingerprint density at radius 2 is 1.95 bits per heavy atom. The molecule has 5 heteroatoms. The van der Waals surface area contributed by atoms with Crippen molar-refractivity contribution in [3.63, 3.8) is 0 Å². The van der Waals surface area contributed by atoms with Crippen LogP contribution in [0.2, 0.25) is 0 Å². The zero-order chi connectivity index (χ0) is 15.5. The van der Waals surface area contributed by atoms with E-state index in [9.17, 15) is 9.59 Å². The van der Waals surface area contributed by atoms with Gasteiger partial charge < -0.3 is 10.1 Å². The van der Waals surface area contributed by atoms with Crippen molar-refractivity contribution in [1.29, 1.82) is 0 Å². The third kappa shape index (κ3) is 4.04. The number of ketones is 1. The van der Waals surface area contributed by atoms with E-state index in [1.807, 2.05) is 6.92 Å². The van der Waals surface area contributed by atoms with Gasteiger partial charge in [0.05, 0.1) is 13.2 Å². The van der Waals surface area contributed by atoms with Gasteiger partial charge in [0.2, 0.25) is 5.91 Å². The Hall–Kier alpha value is -0.940. The summed E-state index contributed by atoms with van der Waals surface area (Å²) in [5, 5.41) is 3.06. The Morgan fingerprint density at radius 1 is 1.29 bits per heavy atom. The minimum Gasteiger partial charge on any atom is -0.378 e. The Balaban J connectivity index is 1.77. The van der Waals surface area contributed by atoms with E-state index in [1.165, 1.54) is 0 Å². The molecule has 1 saturated heterocycles. The predicted octanol–water partition coefficient (Wildman–Crippen LogP) is 1.36. The van der Waals surface area contributed by atoms with Crippen LogP contribution in [0.5, 0.6) is 0 Å². The molecule has 0 radical (unpaired) electrons. The van der Waals surface area contributed by atoms with Crippen molar-refractivity contribution in [2.24, 2.45) is 5.41 Å². The summed E-state index contributed by atoms with van der Waals surface area (Å²) < 4.78 is 5.50. The predicted molar refractivity (Wildman–Crippen MR) is 81.1 cm³/mol. The molecule has 1 aliphatic heterocycles. The molecule has 2 fully saturated rings. The number of nitrogens with zero attached hydrogens (tertiary/aromatic N) is 1. The summed E-state index contributed by atoms with van der Waals surface area (Å²) in [4.78, 5) is 26.0. The summed E-state index contributed by atoms with van der Waals surface area (Å²) in [7, 11) is 0. The summed E-state index contributed by atoms with van der Waals surface area (Å²) >= 11 is 0. The largest absolute Gasteiger partial charge is 0.378 e. The topological polar surface area (TPSA) is 58.6 Å². The smallest absolute Gasteiger partial charge is 0.226 e. The van der Waals surface area contributed by atoms with Crippen molar-refractivity contribution in [3.8, 4) is 0 Å². The van der Waals surface area contributed by atoms with Crippen LogP contribution in [0, 0.1) is 5.41 Å². The number of carbonyl (C=O) groups excluding carboxylic acids is 2. The molecule has 21 heavy (non-hydrogen) atoms. The first-order valence-electron chi connectivity index (χ1n) is 7.96. The van der Waals surface area contributed by atoms with Crippen LogP contribution in [0.25, 0.3) is 0 Å². The third-order valence-electron chi connectivity index (χ3n) is 4.94. The lowest BCUT2D eigenvalue weighted by Gasteiger charge is -2.42. The maximum atomic E-state index is 12.4. The number of nitrogens with one attached hydrogen (secondary N) is 1. The van der Waals surface area contributed by atoms with Crippen LogP contribution in [-0.4, -0.2) is 55.0 Å². The van der Waals surface area contributed by atoms with Crippen LogP contribution in [0.15, 0.2) is 0 Å². The van der Waals surface area contributed by atoms with Crippen LogP contribution in [0.4, 0.5) is 0 Å². The Morgan fingerprint density at radius 3 is 2.57 bits per heavy atom. The summed E-state index contributed by atoms with van der Waals surface area (Å²) in [5.41, 5.74) is -0.335. The molecule has 0 unspecified atom stereocenters. The molecule has 0 aromatic heterocycles. The normalized spacial score (nSPS) is 25.6. The summed E-state index contributed by atoms with van der Waals surface area (Å²) in [6.45, 7) is 10.2. The third-order valence-corrected chi connectivity index (χ3v) is 4.94. The zero-order valence-corrected chi connectivity index (χ0v) is 13.5. The molecular weight excluding hydrogens is 268 g/mol. The molecular formula is C16H28N2O3. The molecule has 1 heterocycles. The first-order valence-corrected chi connectivity index (χ1v) is 7.96. The molecule has 0 bridgehead atoms. The molecule has 1 aliphatic carbocycles. The van der Waals surface area contributed by atoms with E-state index in [0.29, 0.717) is 32.2 Å². The molecule has 1 saturated carbocycles. The van der Waals surface area contributed by atoms with E-state index in [1.54, 1.807) is 0 Å². The van der Waals surface area contributed by atoms with Gasteiger partial charge in [-0.2, -0.15) is 0 Å². The first-order chi connectivity index (χ1) is 9.83. The fraction of sp³-hybridized carbons (Fsp3) is 0.875. The maximum absolute atomic E-state index is 12.4.